The maximum atomic E-state index is 12.3. The Morgan fingerprint density at radius 3 is 0.562 bits per heavy atom. The summed E-state index contributed by atoms with van der Waals surface area (Å²) in [5, 5.41) is 26.5. The van der Waals surface area contributed by atoms with Crippen molar-refractivity contribution in [1.29, 1.82) is 0 Å². The van der Waals surface area contributed by atoms with Crippen LogP contribution in [0.5, 0.6) is 0 Å². The van der Waals surface area contributed by atoms with Crippen LogP contribution >= 0.6 is 0 Å². The molecule has 0 saturated carbocycles. The van der Waals surface area contributed by atoms with Crippen molar-refractivity contribution >= 4 is 83.9 Å². The largest absolute Gasteiger partial charge is 0.355 e. The topological polar surface area (TPSA) is 364 Å². The molecule has 0 unspecified atom stereocenters. The SMILES string of the molecule is CNC(=O)c1c(C)c(C)c(/C=N/NC(=O)CC(=O)N/N=C/c2c(C)c(C)c(C(=O)NC)c(C)c2C)c(C)c1C.CNNC(=O)CC(=O)N/N=C/c1c(C)c(C)c(C(=O)NC)c(C)c1C.CNNC(=O)CC(=O)N/N=C/c1c(C)c(C)c(C(=O)NC)c(C)c1C. The zero-order chi connectivity index (χ0) is 67.9. The van der Waals surface area contributed by atoms with Gasteiger partial charge in [0.25, 0.3) is 23.6 Å². The van der Waals surface area contributed by atoms with E-state index in [4.69, 9.17) is 0 Å². The van der Waals surface area contributed by atoms with Gasteiger partial charge in [-0.25, -0.2) is 32.6 Å². The van der Waals surface area contributed by atoms with Crippen LogP contribution in [-0.2, 0) is 28.8 Å². The normalized spacial score (nSPS) is 10.9. The molecule has 0 fully saturated rings. The zero-order valence-electron chi connectivity index (χ0n) is 55.3. The van der Waals surface area contributed by atoms with Crippen LogP contribution in [0.25, 0.3) is 0 Å². The molecule has 0 aliphatic carbocycles. The number of amides is 10. The van der Waals surface area contributed by atoms with E-state index in [0.717, 1.165) is 111 Å². The van der Waals surface area contributed by atoms with Crippen LogP contribution < -0.4 is 64.7 Å². The molecule has 0 spiro atoms. The third-order valence-electron chi connectivity index (χ3n) is 15.6. The van der Waals surface area contributed by atoms with Gasteiger partial charge in [0.1, 0.15) is 19.3 Å². The average molecular weight is 1230 g/mol. The molecule has 0 bridgehead atoms. The molecule has 0 saturated heterocycles. The molecule has 26 heteroatoms. The lowest BCUT2D eigenvalue weighted by molar-refractivity contribution is -0.131. The van der Waals surface area contributed by atoms with Crippen molar-refractivity contribution in [3.8, 4) is 0 Å². The molecule has 0 radical (unpaired) electrons. The van der Waals surface area contributed by atoms with Crippen molar-refractivity contribution in [2.45, 2.75) is 130 Å². The Balaban J connectivity index is 0.000000474. The van der Waals surface area contributed by atoms with Crippen LogP contribution in [0.2, 0.25) is 0 Å². The summed E-state index contributed by atoms with van der Waals surface area (Å²) in [5.41, 5.74) is 38.7. The summed E-state index contributed by atoms with van der Waals surface area (Å²) in [6, 6.07) is 0. The van der Waals surface area contributed by atoms with Crippen LogP contribution in [0.3, 0.4) is 0 Å². The van der Waals surface area contributed by atoms with Crippen LogP contribution in [0.15, 0.2) is 20.4 Å². The fourth-order valence-electron chi connectivity index (χ4n) is 9.64. The van der Waals surface area contributed by atoms with E-state index in [1.807, 2.05) is 111 Å². The molecule has 0 aliphatic rings. The van der Waals surface area contributed by atoms with Crippen molar-refractivity contribution in [3.05, 3.63) is 134 Å². The number of carbonyl (C=O) groups is 10. The summed E-state index contributed by atoms with van der Waals surface area (Å²) < 4.78 is 0. The Bertz CT molecular complexity index is 3220. The molecule has 480 valence electrons. The minimum atomic E-state index is -0.598. The lowest BCUT2D eigenvalue weighted by Crippen LogP contribution is -2.37. The second kappa shape index (κ2) is 35.1. The Hall–Kier alpha value is -9.82. The zero-order valence-corrected chi connectivity index (χ0v) is 55.3. The van der Waals surface area contributed by atoms with Gasteiger partial charge in [-0.05, 0) is 200 Å². The number of nitrogens with one attached hydrogen (secondary N) is 12. The van der Waals surface area contributed by atoms with E-state index in [-0.39, 0.29) is 36.5 Å². The number of hydrogen-bond acceptors (Lipinski definition) is 16. The molecule has 89 heavy (non-hydrogen) atoms. The first kappa shape index (κ1) is 75.3. The van der Waals surface area contributed by atoms with Gasteiger partial charge in [0.05, 0.1) is 24.9 Å². The Morgan fingerprint density at radius 1 is 0.258 bits per heavy atom. The van der Waals surface area contributed by atoms with Gasteiger partial charge < -0.3 is 21.3 Å². The Labute approximate surface area is 520 Å². The maximum Gasteiger partial charge on any atom is 0.251 e. The van der Waals surface area contributed by atoms with Gasteiger partial charge in [-0.15, -0.1) is 0 Å². The number of hydrogen-bond donors (Lipinski definition) is 12. The molecule has 0 aromatic heterocycles. The van der Waals surface area contributed by atoms with Gasteiger partial charge in [-0.3, -0.25) is 58.8 Å². The first-order valence-electron chi connectivity index (χ1n) is 28.2. The van der Waals surface area contributed by atoms with Crippen LogP contribution in [0.1, 0.15) is 172 Å². The highest BCUT2D eigenvalue weighted by atomic mass is 16.2. The van der Waals surface area contributed by atoms with Crippen molar-refractivity contribution in [3.63, 3.8) is 0 Å². The fourth-order valence-corrected chi connectivity index (χ4v) is 9.64. The van der Waals surface area contributed by atoms with Gasteiger partial charge >= 0.3 is 0 Å². The highest BCUT2D eigenvalue weighted by Crippen LogP contribution is 2.29. The molecular formula is C63H88N16O10. The van der Waals surface area contributed by atoms with E-state index in [1.165, 1.54) is 39.0 Å². The lowest BCUT2D eigenvalue weighted by atomic mass is 9.89. The van der Waals surface area contributed by atoms with Crippen LogP contribution in [0, 0.1) is 111 Å². The van der Waals surface area contributed by atoms with Gasteiger partial charge in [-0.1, -0.05) is 0 Å². The second-order valence-electron chi connectivity index (χ2n) is 20.8. The van der Waals surface area contributed by atoms with Crippen molar-refractivity contribution in [1.82, 2.24) is 64.7 Å². The van der Waals surface area contributed by atoms with Crippen LogP contribution in [-0.4, -0.2) is 126 Å². The number of hydrazine groups is 2. The Morgan fingerprint density at radius 2 is 0.416 bits per heavy atom. The highest BCUT2D eigenvalue weighted by molar-refractivity contribution is 6.04. The highest BCUT2D eigenvalue weighted by Gasteiger charge is 2.23. The minimum Gasteiger partial charge on any atom is -0.355 e. The van der Waals surface area contributed by atoms with E-state index < -0.39 is 41.9 Å². The van der Waals surface area contributed by atoms with Gasteiger partial charge in [0.2, 0.25) is 35.4 Å². The monoisotopic (exact) mass is 1230 g/mol. The summed E-state index contributed by atoms with van der Waals surface area (Å²) in [4.78, 5) is 119. The van der Waals surface area contributed by atoms with Crippen molar-refractivity contribution in [2.24, 2.45) is 20.4 Å². The summed E-state index contributed by atoms with van der Waals surface area (Å²) >= 11 is 0. The minimum absolute atomic E-state index is 0.131. The first-order chi connectivity index (χ1) is 41.8. The predicted molar refractivity (Wildman–Crippen MR) is 346 cm³/mol. The number of nitrogens with zero attached hydrogens (tertiary/aromatic N) is 4. The molecule has 0 aliphatic heterocycles. The maximum absolute atomic E-state index is 12.3. The molecule has 12 N–H and O–H groups in total. The van der Waals surface area contributed by atoms with Gasteiger partial charge in [-0.2, -0.15) is 20.4 Å². The third-order valence-corrected chi connectivity index (χ3v) is 15.6. The molecule has 0 atom stereocenters. The van der Waals surface area contributed by atoms with E-state index >= 15 is 0 Å². The summed E-state index contributed by atoms with van der Waals surface area (Å²) in [7, 11) is 9.45. The number of rotatable bonds is 20. The van der Waals surface area contributed by atoms with Gasteiger partial charge in [0.15, 0.2) is 0 Å². The van der Waals surface area contributed by atoms with E-state index in [0.29, 0.717) is 22.3 Å². The average Bonchev–Trinajstić information content (AvgIpc) is 0.979. The number of benzene rings is 4. The summed E-state index contributed by atoms with van der Waals surface area (Å²) in [6.45, 7) is 30.2. The molecule has 0 heterocycles. The van der Waals surface area contributed by atoms with E-state index in [9.17, 15) is 47.9 Å². The fraction of sp³-hybridized carbons (Fsp3) is 0.397. The van der Waals surface area contributed by atoms with Gasteiger partial charge in [0, 0.05) is 86.8 Å². The number of hydrazone groups is 4. The lowest BCUT2D eigenvalue weighted by Gasteiger charge is -2.17. The van der Waals surface area contributed by atoms with E-state index in [1.54, 1.807) is 28.2 Å². The van der Waals surface area contributed by atoms with E-state index in [2.05, 4.69) is 85.1 Å². The molecular weight excluding hydrogens is 1140 g/mol. The molecule has 4 aromatic carbocycles. The van der Waals surface area contributed by atoms with Crippen LogP contribution in [0.4, 0.5) is 0 Å². The smallest absolute Gasteiger partial charge is 0.251 e. The quantitative estimate of drug-likeness (QED) is 0.0343. The summed E-state index contributed by atoms with van der Waals surface area (Å²) in [6.07, 6.45) is 4.98. The molecule has 4 rings (SSSR count). The first-order valence-corrected chi connectivity index (χ1v) is 28.2. The van der Waals surface area contributed by atoms with Crippen molar-refractivity contribution in [2.75, 3.05) is 42.3 Å². The Kier molecular flexibility index (Phi) is 29.7. The third kappa shape index (κ3) is 19.6. The van der Waals surface area contributed by atoms with Crippen molar-refractivity contribution < 1.29 is 47.9 Å². The number of carbonyl (C=O) groups excluding carboxylic acids is 10. The molecule has 10 amide bonds. The summed E-state index contributed by atoms with van der Waals surface area (Å²) in [5.74, 6) is -3.71. The predicted octanol–water partition coefficient (Wildman–Crippen LogP) is 3.61. The second-order valence-corrected chi connectivity index (χ2v) is 20.8. The molecule has 4 aromatic rings. The molecule has 26 nitrogen and oxygen atoms in total. The standard InChI is InChI=1S/C29H38N6O4.2C17H25N5O3/c1-14-18(5)26(28(38)30-9)19(6)15(2)22(14)12-32-34-24(36)11-25(37)35-33-13-23-16(3)20(7)27(29(39)31-10)21(8)17(23)4;2*1-9-11(3)16(17(25)18-5)12(4)10(2)13(9)8-20-22-15(24)7-14(23)21-19-6/h12-13H,11H2,1-10H3,(H,30,38)(H,31,39)(H,34,36)(H,35,37);2*8,19H,7H2,1-6H3,(H,18,25)(H,21,23)(H,22,24)/b32-12+,33-13+;2*20-8+.